The van der Waals surface area contributed by atoms with Crippen LogP contribution in [0.2, 0.25) is 5.15 Å². The highest BCUT2D eigenvalue weighted by Crippen LogP contribution is 2.36. The maximum atomic E-state index is 12.8. The van der Waals surface area contributed by atoms with Gasteiger partial charge < -0.3 is 5.32 Å². The average Bonchev–Trinajstić information content (AvgIpc) is 3.01. The van der Waals surface area contributed by atoms with Gasteiger partial charge in [-0.3, -0.25) is 5.10 Å². The first-order valence-electron chi connectivity index (χ1n) is 8.32. The second-order valence-electron chi connectivity index (χ2n) is 6.29. The molecule has 2 aromatic heterocycles. The van der Waals surface area contributed by atoms with Gasteiger partial charge in [0.25, 0.3) is 0 Å². The zero-order valence-corrected chi connectivity index (χ0v) is 15.4. The number of hydrogen-bond donors (Lipinski definition) is 2. The number of pyridine rings is 1. The van der Waals surface area contributed by atoms with E-state index in [1.807, 2.05) is 6.07 Å². The Bertz CT molecular complexity index is 1030. The highest BCUT2D eigenvalue weighted by atomic mass is 35.5. The van der Waals surface area contributed by atoms with Crippen LogP contribution in [0.15, 0.2) is 58.3 Å². The molecule has 0 atom stereocenters. The molecule has 1 aromatic carbocycles. The van der Waals surface area contributed by atoms with E-state index in [0.29, 0.717) is 17.6 Å². The molecule has 6 nitrogen and oxygen atoms in total. The van der Waals surface area contributed by atoms with E-state index >= 15 is 0 Å². The molecule has 1 saturated carbocycles. The Balaban J connectivity index is 1.63. The summed E-state index contributed by atoms with van der Waals surface area (Å²) in [5.41, 5.74) is 1.08. The molecule has 0 aliphatic heterocycles. The molecule has 0 amide bonds. The molecule has 1 aliphatic rings. The van der Waals surface area contributed by atoms with Gasteiger partial charge in [0.15, 0.2) is 5.82 Å². The quantitative estimate of drug-likeness (QED) is 0.636. The van der Waals surface area contributed by atoms with Crippen LogP contribution < -0.4 is 5.32 Å². The monoisotopic (exact) mass is 388 g/mol. The van der Waals surface area contributed by atoms with E-state index in [0.717, 1.165) is 18.5 Å². The molecule has 2 N–H and O–H groups in total. The van der Waals surface area contributed by atoms with Gasteiger partial charge in [0, 0.05) is 17.7 Å². The lowest BCUT2D eigenvalue weighted by molar-refractivity contribution is 0.410. The highest BCUT2D eigenvalue weighted by molar-refractivity contribution is 7.91. The summed E-state index contributed by atoms with van der Waals surface area (Å²) in [5.74, 6) is 1.45. The van der Waals surface area contributed by atoms with Crippen molar-refractivity contribution < 1.29 is 8.42 Å². The van der Waals surface area contributed by atoms with Crippen LogP contribution in [0.5, 0.6) is 0 Å². The molecule has 0 unspecified atom stereocenters. The van der Waals surface area contributed by atoms with Crippen molar-refractivity contribution in [3.63, 3.8) is 0 Å². The van der Waals surface area contributed by atoms with E-state index in [-0.39, 0.29) is 14.9 Å². The molecular formula is C18H17ClN4O2S. The van der Waals surface area contributed by atoms with Crippen LogP contribution in [-0.4, -0.2) is 23.6 Å². The van der Waals surface area contributed by atoms with E-state index in [1.165, 1.54) is 18.6 Å². The summed E-state index contributed by atoms with van der Waals surface area (Å²) in [7, 11) is -3.67. The lowest BCUT2D eigenvalue weighted by atomic mass is 9.83. The van der Waals surface area contributed by atoms with E-state index < -0.39 is 9.84 Å². The summed E-state index contributed by atoms with van der Waals surface area (Å²) in [5, 5.41) is 10.4. The molecule has 0 saturated heterocycles. The minimum Gasteiger partial charge on any atom is -0.323 e. The Kier molecular flexibility index (Phi) is 4.42. The third-order valence-electron chi connectivity index (χ3n) is 4.53. The predicted molar refractivity (Wildman–Crippen MR) is 99.6 cm³/mol. The minimum absolute atomic E-state index is 0.0842. The van der Waals surface area contributed by atoms with Crippen molar-refractivity contribution in [2.75, 3.05) is 5.32 Å². The zero-order valence-electron chi connectivity index (χ0n) is 13.8. The lowest BCUT2D eigenvalue weighted by Gasteiger charge is -2.23. The number of anilines is 2. The molecule has 134 valence electrons. The van der Waals surface area contributed by atoms with Crippen LogP contribution in [-0.2, 0) is 9.84 Å². The number of benzene rings is 1. The predicted octanol–water partition coefficient (Wildman–Crippen LogP) is 4.30. The number of aromatic amines is 1. The molecule has 1 fully saturated rings. The molecule has 2 heterocycles. The van der Waals surface area contributed by atoms with Crippen molar-refractivity contribution in [2.24, 2.45) is 0 Å². The van der Waals surface area contributed by atoms with E-state index in [9.17, 15) is 8.42 Å². The second kappa shape index (κ2) is 6.74. The molecule has 0 spiro atoms. The lowest BCUT2D eigenvalue weighted by Crippen LogP contribution is -2.08. The SMILES string of the molecule is O=S(=O)(c1ccccc1)c1cc(Cl)nc(Nc2cc(C3CCC3)[nH]n2)c1. The van der Waals surface area contributed by atoms with Crippen molar-refractivity contribution >= 4 is 33.1 Å². The number of H-pyrrole nitrogens is 1. The van der Waals surface area contributed by atoms with E-state index in [2.05, 4.69) is 20.5 Å². The summed E-state index contributed by atoms with van der Waals surface area (Å²) in [6, 6.07) is 13.0. The molecule has 0 radical (unpaired) electrons. The standard InChI is InChI=1S/C18H17ClN4O2S/c19-16-9-14(26(24,25)13-7-2-1-3-8-13)10-17(20-16)21-18-11-15(22-23-18)12-5-4-6-12/h1-3,7-12H,4-6H2,(H2,20,21,22,23). The van der Waals surface area contributed by atoms with Crippen LogP contribution in [0.25, 0.3) is 0 Å². The number of nitrogens with zero attached hydrogens (tertiary/aromatic N) is 2. The maximum absolute atomic E-state index is 12.8. The number of aromatic nitrogens is 3. The Morgan fingerprint density at radius 2 is 1.81 bits per heavy atom. The van der Waals surface area contributed by atoms with Gasteiger partial charge in [-0.15, -0.1) is 0 Å². The van der Waals surface area contributed by atoms with E-state index in [4.69, 9.17) is 11.6 Å². The number of nitrogens with one attached hydrogen (secondary N) is 2. The fourth-order valence-corrected chi connectivity index (χ4v) is 4.48. The van der Waals surface area contributed by atoms with Crippen LogP contribution in [0.3, 0.4) is 0 Å². The largest absolute Gasteiger partial charge is 0.323 e. The fourth-order valence-electron chi connectivity index (χ4n) is 2.89. The normalized spacial score (nSPS) is 14.8. The number of sulfone groups is 1. The van der Waals surface area contributed by atoms with Gasteiger partial charge in [0.1, 0.15) is 11.0 Å². The van der Waals surface area contributed by atoms with Crippen molar-refractivity contribution in [1.29, 1.82) is 0 Å². The van der Waals surface area contributed by atoms with Crippen LogP contribution in [0.1, 0.15) is 30.9 Å². The molecule has 1 aliphatic carbocycles. The van der Waals surface area contributed by atoms with Gasteiger partial charge in [0.2, 0.25) is 9.84 Å². The summed E-state index contributed by atoms with van der Waals surface area (Å²) in [6.45, 7) is 0. The van der Waals surface area contributed by atoms with Crippen LogP contribution >= 0.6 is 11.6 Å². The Labute approximate surface area is 156 Å². The smallest absolute Gasteiger partial charge is 0.206 e. The first-order chi connectivity index (χ1) is 12.5. The topological polar surface area (TPSA) is 87.7 Å². The molecule has 3 aromatic rings. The molecule has 4 rings (SSSR count). The summed E-state index contributed by atoms with van der Waals surface area (Å²) in [4.78, 5) is 4.45. The Morgan fingerprint density at radius 1 is 1.04 bits per heavy atom. The van der Waals surface area contributed by atoms with Crippen molar-refractivity contribution in [2.45, 2.75) is 35.0 Å². The van der Waals surface area contributed by atoms with E-state index in [1.54, 1.807) is 30.3 Å². The number of hydrogen-bond acceptors (Lipinski definition) is 5. The fraction of sp³-hybridized carbons (Fsp3) is 0.222. The summed E-state index contributed by atoms with van der Waals surface area (Å²) >= 11 is 6.05. The molecular weight excluding hydrogens is 372 g/mol. The van der Waals surface area contributed by atoms with Crippen LogP contribution in [0, 0.1) is 0 Å². The minimum atomic E-state index is -3.67. The maximum Gasteiger partial charge on any atom is 0.206 e. The van der Waals surface area contributed by atoms with Gasteiger partial charge in [-0.1, -0.05) is 36.2 Å². The molecule has 8 heteroatoms. The van der Waals surface area contributed by atoms with Crippen LogP contribution in [0.4, 0.5) is 11.6 Å². The third-order valence-corrected chi connectivity index (χ3v) is 6.47. The van der Waals surface area contributed by atoms with Gasteiger partial charge >= 0.3 is 0 Å². The first kappa shape index (κ1) is 17.1. The van der Waals surface area contributed by atoms with Crippen molar-refractivity contribution in [3.8, 4) is 0 Å². The Hall–Kier alpha value is -2.38. The highest BCUT2D eigenvalue weighted by Gasteiger charge is 2.22. The molecule has 0 bridgehead atoms. The third kappa shape index (κ3) is 3.32. The second-order valence-corrected chi connectivity index (χ2v) is 8.63. The van der Waals surface area contributed by atoms with Crippen molar-refractivity contribution in [1.82, 2.24) is 15.2 Å². The average molecular weight is 389 g/mol. The summed E-state index contributed by atoms with van der Waals surface area (Å²) in [6.07, 6.45) is 3.57. The van der Waals surface area contributed by atoms with Gasteiger partial charge in [-0.25, -0.2) is 13.4 Å². The number of rotatable bonds is 5. The summed E-state index contributed by atoms with van der Waals surface area (Å²) < 4.78 is 25.6. The van der Waals surface area contributed by atoms with Gasteiger partial charge in [-0.05, 0) is 37.1 Å². The molecule has 26 heavy (non-hydrogen) atoms. The number of halogens is 1. The van der Waals surface area contributed by atoms with Gasteiger partial charge in [0.05, 0.1) is 9.79 Å². The Morgan fingerprint density at radius 3 is 2.50 bits per heavy atom. The first-order valence-corrected chi connectivity index (χ1v) is 10.2. The van der Waals surface area contributed by atoms with Crippen molar-refractivity contribution in [3.05, 3.63) is 59.4 Å². The zero-order chi connectivity index (χ0) is 18.1. The van der Waals surface area contributed by atoms with Gasteiger partial charge in [-0.2, -0.15) is 5.10 Å².